The Morgan fingerprint density at radius 1 is 1.44 bits per heavy atom. The van der Waals surface area contributed by atoms with Gasteiger partial charge in [0.2, 0.25) is 5.91 Å². The van der Waals surface area contributed by atoms with Gasteiger partial charge in [0.25, 0.3) is 0 Å². The molecule has 1 aromatic carbocycles. The van der Waals surface area contributed by atoms with E-state index >= 15 is 0 Å². The summed E-state index contributed by atoms with van der Waals surface area (Å²) in [5, 5.41) is 2.94. The number of benzene rings is 1. The third-order valence-electron chi connectivity index (χ3n) is 2.70. The quantitative estimate of drug-likeness (QED) is 0.843. The summed E-state index contributed by atoms with van der Waals surface area (Å²) in [6, 6.07) is 7.46. The lowest BCUT2D eigenvalue weighted by Crippen LogP contribution is -2.41. The summed E-state index contributed by atoms with van der Waals surface area (Å²) in [4.78, 5) is 11.8. The SMILES string of the molecule is CSCC[C@H](N)C(=O)N[C@@H](C)c1ccc(Br)cc1. The van der Waals surface area contributed by atoms with Crippen molar-refractivity contribution in [3.8, 4) is 0 Å². The van der Waals surface area contributed by atoms with Crippen LogP contribution in [0.25, 0.3) is 0 Å². The molecule has 0 saturated carbocycles. The summed E-state index contributed by atoms with van der Waals surface area (Å²) in [5.74, 6) is 0.820. The number of carbonyl (C=O) groups is 1. The zero-order valence-electron chi connectivity index (χ0n) is 10.7. The zero-order valence-corrected chi connectivity index (χ0v) is 13.1. The Morgan fingerprint density at radius 3 is 2.61 bits per heavy atom. The molecule has 0 unspecified atom stereocenters. The molecule has 0 spiro atoms. The average molecular weight is 331 g/mol. The van der Waals surface area contributed by atoms with Crippen LogP contribution in [0.2, 0.25) is 0 Å². The minimum atomic E-state index is -0.421. The first-order chi connectivity index (χ1) is 8.54. The number of amides is 1. The highest BCUT2D eigenvalue weighted by Crippen LogP contribution is 2.16. The number of rotatable bonds is 6. The second-order valence-electron chi connectivity index (χ2n) is 4.17. The third kappa shape index (κ3) is 5.00. The van der Waals surface area contributed by atoms with Gasteiger partial charge in [0.05, 0.1) is 12.1 Å². The standard InChI is InChI=1S/C13H19BrN2OS/c1-9(10-3-5-11(14)6-4-10)16-13(17)12(15)7-8-18-2/h3-6,9,12H,7-8,15H2,1-2H3,(H,16,17)/t9-,12-/m0/s1. The summed E-state index contributed by atoms with van der Waals surface area (Å²) >= 11 is 5.09. The number of hydrogen-bond donors (Lipinski definition) is 2. The lowest BCUT2D eigenvalue weighted by atomic mass is 10.1. The minimum absolute atomic E-state index is 0.0223. The van der Waals surface area contributed by atoms with Crippen molar-refractivity contribution in [1.82, 2.24) is 5.32 Å². The van der Waals surface area contributed by atoms with E-state index in [1.165, 1.54) is 0 Å². The van der Waals surface area contributed by atoms with Crippen molar-refractivity contribution in [2.75, 3.05) is 12.0 Å². The van der Waals surface area contributed by atoms with Gasteiger partial charge in [-0.05, 0) is 43.0 Å². The van der Waals surface area contributed by atoms with Gasteiger partial charge in [-0.1, -0.05) is 28.1 Å². The Balaban J connectivity index is 2.51. The maximum absolute atomic E-state index is 11.8. The molecule has 0 aromatic heterocycles. The molecule has 0 heterocycles. The van der Waals surface area contributed by atoms with Crippen LogP contribution in [0.4, 0.5) is 0 Å². The Bertz CT molecular complexity index is 383. The maximum atomic E-state index is 11.8. The molecular weight excluding hydrogens is 312 g/mol. The number of nitrogens with two attached hydrogens (primary N) is 1. The van der Waals surface area contributed by atoms with E-state index in [1.807, 2.05) is 37.4 Å². The normalized spacial score (nSPS) is 14.0. The van der Waals surface area contributed by atoms with Crippen molar-refractivity contribution in [3.05, 3.63) is 34.3 Å². The van der Waals surface area contributed by atoms with Gasteiger partial charge in [-0.15, -0.1) is 0 Å². The second-order valence-corrected chi connectivity index (χ2v) is 6.07. The van der Waals surface area contributed by atoms with E-state index in [4.69, 9.17) is 5.73 Å². The summed E-state index contributed by atoms with van der Waals surface area (Å²) in [5.41, 5.74) is 6.89. The number of hydrogen-bond acceptors (Lipinski definition) is 3. The fourth-order valence-corrected chi connectivity index (χ4v) is 2.29. The van der Waals surface area contributed by atoms with Gasteiger partial charge >= 0.3 is 0 Å². The van der Waals surface area contributed by atoms with Crippen LogP contribution in [0.3, 0.4) is 0 Å². The molecule has 0 bridgehead atoms. The van der Waals surface area contributed by atoms with Crippen LogP contribution >= 0.6 is 27.7 Å². The number of carbonyl (C=O) groups excluding carboxylic acids is 1. The Morgan fingerprint density at radius 2 is 2.06 bits per heavy atom. The Kier molecular flexibility index (Phi) is 6.75. The second kappa shape index (κ2) is 7.81. The molecule has 100 valence electrons. The molecule has 3 N–H and O–H groups in total. The molecule has 1 amide bonds. The van der Waals surface area contributed by atoms with Crippen molar-refractivity contribution in [2.24, 2.45) is 5.73 Å². The lowest BCUT2D eigenvalue weighted by Gasteiger charge is -2.17. The summed E-state index contributed by atoms with van der Waals surface area (Å²) in [7, 11) is 0. The van der Waals surface area contributed by atoms with Gasteiger partial charge in [-0.3, -0.25) is 4.79 Å². The van der Waals surface area contributed by atoms with Crippen molar-refractivity contribution in [3.63, 3.8) is 0 Å². The first-order valence-corrected chi connectivity index (χ1v) is 8.03. The molecule has 2 atom stereocenters. The lowest BCUT2D eigenvalue weighted by molar-refractivity contribution is -0.123. The summed E-state index contributed by atoms with van der Waals surface area (Å²) < 4.78 is 1.03. The number of thioether (sulfide) groups is 1. The molecule has 0 aliphatic carbocycles. The zero-order chi connectivity index (χ0) is 13.5. The highest BCUT2D eigenvalue weighted by Gasteiger charge is 2.15. The minimum Gasteiger partial charge on any atom is -0.348 e. The van der Waals surface area contributed by atoms with Crippen molar-refractivity contribution in [1.29, 1.82) is 0 Å². The van der Waals surface area contributed by atoms with Gasteiger partial charge in [0, 0.05) is 4.47 Å². The molecule has 0 aliphatic rings. The molecule has 0 aliphatic heterocycles. The predicted octanol–water partition coefficient (Wildman–Crippen LogP) is 2.71. The van der Waals surface area contributed by atoms with E-state index < -0.39 is 6.04 Å². The largest absolute Gasteiger partial charge is 0.348 e. The molecule has 18 heavy (non-hydrogen) atoms. The van der Waals surface area contributed by atoms with Crippen molar-refractivity contribution in [2.45, 2.75) is 25.4 Å². The highest BCUT2D eigenvalue weighted by atomic mass is 79.9. The van der Waals surface area contributed by atoms with Crippen LogP contribution in [0.15, 0.2) is 28.7 Å². The first-order valence-electron chi connectivity index (χ1n) is 5.85. The average Bonchev–Trinajstić information content (AvgIpc) is 2.36. The molecule has 1 rings (SSSR count). The van der Waals surface area contributed by atoms with E-state index in [2.05, 4.69) is 21.2 Å². The van der Waals surface area contributed by atoms with Crippen molar-refractivity contribution < 1.29 is 4.79 Å². The van der Waals surface area contributed by atoms with Gasteiger partial charge in [-0.2, -0.15) is 11.8 Å². The van der Waals surface area contributed by atoms with Crippen LogP contribution < -0.4 is 11.1 Å². The first kappa shape index (κ1) is 15.5. The smallest absolute Gasteiger partial charge is 0.237 e. The van der Waals surface area contributed by atoms with Crippen LogP contribution in [0, 0.1) is 0 Å². The van der Waals surface area contributed by atoms with E-state index in [1.54, 1.807) is 11.8 Å². The molecule has 1 aromatic rings. The van der Waals surface area contributed by atoms with E-state index in [0.717, 1.165) is 15.8 Å². The molecule has 0 radical (unpaired) electrons. The monoisotopic (exact) mass is 330 g/mol. The fraction of sp³-hybridized carbons (Fsp3) is 0.462. The summed E-state index contributed by atoms with van der Waals surface area (Å²) in [6.07, 6.45) is 2.72. The molecule has 0 fully saturated rings. The van der Waals surface area contributed by atoms with Gasteiger partial charge in [0.15, 0.2) is 0 Å². The van der Waals surface area contributed by atoms with E-state index in [0.29, 0.717) is 6.42 Å². The fourth-order valence-electron chi connectivity index (χ4n) is 1.53. The Labute approximate surface area is 121 Å². The maximum Gasteiger partial charge on any atom is 0.237 e. The van der Waals surface area contributed by atoms with E-state index in [-0.39, 0.29) is 11.9 Å². The highest BCUT2D eigenvalue weighted by molar-refractivity contribution is 9.10. The van der Waals surface area contributed by atoms with Crippen LogP contribution in [-0.4, -0.2) is 24.0 Å². The molecule has 0 saturated heterocycles. The summed E-state index contributed by atoms with van der Waals surface area (Å²) in [6.45, 7) is 1.96. The molecule has 5 heteroatoms. The van der Waals surface area contributed by atoms with Gasteiger partial charge < -0.3 is 11.1 Å². The molecule has 3 nitrogen and oxygen atoms in total. The van der Waals surface area contributed by atoms with Crippen LogP contribution in [-0.2, 0) is 4.79 Å². The topological polar surface area (TPSA) is 55.1 Å². The van der Waals surface area contributed by atoms with Crippen molar-refractivity contribution >= 4 is 33.6 Å². The molecular formula is C13H19BrN2OS. The van der Waals surface area contributed by atoms with Crippen LogP contribution in [0.1, 0.15) is 24.9 Å². The van der Waals surface area contributed by atoms with Crippen LogP contribution in [0.5, 0.6) is 0 Å². The predicted molar refractivity (Wildman–Crippen MR) is 81.7 cm³/mol. The third-order valence-corrected chi connectivity index (χ3v) is 3.87. The van der Waals surface area contributed by atoms with E-state index in [9.17, 15) is 4.79 Å². The Hall–Kier alpha value is -0.520. The number of nitrogens with one attached hydrogen (secondary N) is 1. The number of halogens is 1. The van der Waals surface area contributed by atoms with Gasteiger partial charge in [-0.25, -0.2) is 0 Å². The van der Waals surface area contributed by atoms with Gasteiger partial charge in [0.1, 0.15) is 0 Å².